The van der Waals surface area contributed by atoms with Crippen molar-refractivity contribution in [2.24, 2.45) is 17.8 Å². The molecule has 3 heteroatoms. The minimum atomic E-state index is -0.181. The lowest BCUT2D eigenvalue weighted by Crippen LogP contribution is -2.29. The molecule has 2 aliphatic carbocycles. The first-order valence-electron chi connectivity index (χ1n) is 14.4. The average Bonchev–Trinajstić information content (AvgIpc) is 2.90. The van der Waals surface area contributed by atoms with Gasteiger partial charge in [0.15, 0.2) is 0 Å². The van der Waals surface area contributed by atoms with Crippen LogP contribution in [0.3, 0.4) is 0 Å². The van der Waals surface area contributed by atoms with Crippen LogP contribution in [0.25, 0.3) is 11.3 Å². The number of carbonyl (C=O) groups excluding carboxylic acids is 1. The number of esters is 1. The zero-order valence-electron chi connectivity index (χ0n) is 22.0. The molecular weight excluding hydrogens is 430 g/mol. The smallest absolute Gasteiger partial charge is 0.338 e. The third-order valence-corrected chi connectivity index (χ3v) is 8.56. The highest BCUT2D eigenvalue weighted by Crippen LogP contribution is 2.41. The van der Waals surface area contributed by atoms with Crippen molar-refractivity contribution in [3.8, 4) is 11.3 Å². The molecule has 35 heavy (non-hydrogen) atoms. The van der Waals surface area contributed by atoms with Crippen molar-refractivity contribution >= 4 is 5.97 Å². The Morgan fingerprint density at radius 2 is 1.51 bits per heavy atom. The third kappa shape index (κ3) is 7.41. The van der Waals surface area contributed by atoms with Gasteiger partial charge in [-0.2, -0.15) is 0 Å². The minimum absolute atomic E-state index is 0.0803. The third-order valence-electron chi connectivity index (χ3n) is 8.56. The van der Waals surface area contributed by atoms with Crippen LogP contribution >= 0.6 is 0 Å². The molecule has 0 radical (unpaired) electrons. The predicted molar refractivity (Wildman–Crippen MR) is 144 cm³/mol. The number of aryl methyl sites for hydroxylation is 1. The van der Waals surface area contributed by atoms with E-state index in [1.54, 1.807) is 0 Å². The zero-order chi connectivity index (χ0) is 24.5. The molecule has 0 spiro atoms. The molecule has 0 N–H and O–H groups in total. The number of benzene rings is 1. The van der Waals surface area contributed by atoms with Gasteiger partial charge in [-0.3, -0.25) is 4.98 Å². The van der Waals surface area contributed by atoms with Crippen LogP contribution in [-0.4, -0.2) is 17.1 Å². The fourth-order valence-electron chi connectivity index (χ4n) is 6.35. The van der Waals surface area contributed by atoms with E-state index in [1.807, 2.05) is 30.5 Å². The highest BCUT2D eigenvalue weighted by Gasteiger charge is 2.31. The average molecular weight is 476 g/mol. The number of aromatic nitrogens is 1. The summed E-state index contributed by atoms with van der Waals surface area (Å²) in [5.41, 5.74) is 3.92. The van der Waals surface area contributed by atoms with Gasteiger partial charge in [0.25, 0.3) is 0 Å². The molecule has 2 aliphatic rings. The molecule has 2 fully saturated rings. The van der Waals surface area contributed by atoms with Gasteiger partial charge in [0.05, 0.1) is 11.3 Å². The van der Waals surface area contributed by atoms with Crippen molar-refractivity contribution in [3.63, 3.8) is 0 Å². The van der Waals surface area contributed by atoms with Crippen LogP contribution in [-0.2, 0) is 11.2 Å². The maximum atomic E-state index is 12.8. The number of nitrogens with zero attached hydrogens (tertiary/aromatic N) is 1. The van der Waals surface area contributed by atoms with Crippen molar-refractivity contribution in [2.75, 3.05) is 0 Å². The molecule has 1 aromatic carbocycles. The summed E-state index contributed by atoms with van der Waals surface area (Å²) >= 11 is 0. The molecule has 0 bridgehead atoms. The highest BCUT2D eigenvalue weighted by atomic mass is 16.5. The molecule has 3 nitrogen and oxygen atoms in total. The van der Waals surface area contributed by atoms with Crippen LogP contribution in [0, 0.1) is 17.8 Å². The van der Waals surface area contributed by atoms with E-state index in [1.165, 1.54) is 76.2 Å². The van der Waals surface area contributed by atoms with Gasteiger partial charge in [0.2, 0.25) is 0 Å². The fourth-order valence-corrected chi connectivity index (χ4v) is 6.35. The van der Waals surface area contributed by atoms with Gasteiger partial charge in [-0.1, -0.05) is 70.6 Å². The number of ether oxygens (including phenoxy) is 1. The first kappa shape index (κ1) is 25.9. The van der Waals surface area contributed by atoms with Gasteiger partial charge in [0.1, 0.15) is 6.10 Å². The van der Waals surface area contributed by atoms with Gasteiger partial charge in [0, 0.05) is 11.8 Å². The standard InChI is InChI=1S/C32H45NO2/c1-3-5-6-8-25-11-22-31(33-23-25)28-14-16-29(17-15-28)32(34)35-30-20-18-27(19-21-30)26-12-9-24(7-4-2)10-13-26/h11,14-17,22-24,26-27,30H,3-10,12-13,18-21H2,1-2H3. The van der Waals surface area contributed by atoms with Crippen LogP contribution in [0.1, 0.15) is 113 Å². The van der Waals surface area contributed by atoms with Crippen molar-refractivity contribution < 1.29 is 9.53 Å². The molecule has 0 unspecified atom stereocenters. The second kappa shape index (κ2) is 13.2. The summed E-state index contributed by atoms with van der Waals surface area (Å²) in [5, 5.41) is 0. The molecule has 4 rings (SSSR count). The van der Waals surface area contributed by atoms with E-state index >= 15 is 0 Å². The Bertz CT molecular complexity index is 888. The van der Waals surface area contributed by atoms with Crippen LogP contribution in [0.4, 0.5) is 0 Å². The van der Waals surface area contributed by atoms with Gasteiger partial charge in [-0.05, 0) is 92.9 Å². The van der Waals surface area contributed by atoms with Crippen LogP contribution < -0.4 is 0 Å². The number of hydrogen-bond acceptors (Lipinski definition) is 3. The Morgan fingerprint density at radius 3 is 2.11 bits per heavy atom. The van der Waals surface area contributed by atoms with E-state index in [-0.39, 0.29) is 12.1 Å². The SMILES string of the molecule is CCCCCc1ccc(-c2ccc(C(=O)OC3CCC(C4CCC(CCC)CC4)CC3)cc2)nc1. The molecule has 2 saturated carbocycles. The van der Waals surface area contributed by atoms with Crippen LogP contribution in [0.15, 0.2) is 42.6 Å². The molecule has 0 atom stereocenters. The molecule has 2 aromatic rings. The Balaban J connectivity index is 1.22. The van der Waals surface area contributed by atoms with E-state index in [0.717, 1.165) is 48.3 Å². The van der Waals surface area contributed by atoms with Crippen molar-refractivity contribution in [2.45, 2.75) is 110 Å². The fraction of sp³-hybridized carbons (Fsp3) is 0.625. The Kier molecular flexibility index (Phi) is 9.80. The normalized spacial score (nSPS) is 24.7. The summed E-state index contributed by atoms with van der Waals surface area (Å²) in [6.07, 6.45) is 19.8. The molecule has 0 aliphatic heterocycles. The molecule has 0 saturated heterocycles. The quantitative estimate of drug-likeness (QED) is 0.254. The van der Waals surface area contributed by atoms with E-state index in [9.17, 15) is 4.79 Å². The second-order valence-electron chi connectivity index (χ2n) is 11.1. The molecule has 190 valence electrons. The summed E-state index contributed by atoms with van der Waals surface area (Å²) < 4.78 is 5.92. The molecular formula is C32H45NO2. The van der Waals surface area contributed by atoms with E-state index in [0.29, 0.717) is 5.56 Å². The first-order chi connectivity index (χ1) is 17.2. The number of unbranched alkanes of at least 4 members (excludes halogenated alkanes) is 2. The molecule has 1 heterocycles. The molecule has 0 amide bonds. The second-order valence-corrected chi connectivity index (χ2v) is 11.1. The van der Waals surface area contributed by atoms with Crippen LogP contribution in [0.5, 0.6) is 0 Å². The van der Waals surface area contributed by atoms with Crippen molar-refractivity contribution in [1.29, 1.82) is 0 Å². The number of rotatable bonds is 10. The van der Waals surface area contributed by atoms with Crippen molar-refractivity contribution in [3.05, 3.63) is 53.7 Å². The summed E-state index contributed by atoms with van der Waals surface area (Å²) in [4.78, 5) is 17.4. The maximum Gasteiger partial charge on any atom is 0.338 e. The Morgan fingerprint density at radius 1 is 0.829 bits per heavy atom. The topological polar surface area (TPSA) is 39.2 Å². The molecule has 1 aromatic heterocycles. The summed E-state index contributed by atoms with van der Waals surface area (Å²) in [7, 11) is 0. The summed E-state index contributed by atoms with van der Waals surface area (Å²) in [5.74, 6) is 2.55. The maximum absolute atomic E-state index is 12.8. The van der Waals surface area contributed by atoms with E-state index < -0.39 is 0 Å². The van der Waals surface area contributed by atoms with Gasteiger partial charge in [-0.25, -0.2) is 4.79 Å². The van der Waals surface area contributed by atoms with E-state index in [4.69, 9.17) is 4.74 Å². The minimum Gasteiger partial charge on any atom is -0.459 e. The lowest BCUT2D eigenvalue weighted by atomic mass is 9.70. The summed E-state index contributed by atoms with van der Waals surface area (Å²) in [6, 6.07) is 12.0. The highest BCUT2D eigenvalue weighted by molar-refractivity contribution is 5.90. The number of pyridine rings is 1. The first-order valence-corrected chi connectivity index (χ1v) is 14.4. The summed E-state index contributed by atoms with van der Waals surface area (Å²) in [6.45, 7) is 4.54. The zero-order valence-corrected chi connectivity index (χ0v) is 22.0. The lowest BCUT2D eigenvalue weighted by molar-refractivity contribution is 0.0109. The van der Waals surface area contributed by atoms with Crippen LogP contribution in [0.2, 0.25) is 0 Å². The Labute approximate surface area is 213 Å². The monoisotopic (exact) mass is 475 g/mol. The van der Waals surface area contributed by atoms with Gasteiger partial charge < -0.3 is 4.74 Å². The van der Waals surface area contributed by atoms with Gasteiger partial charge in [-0.15, -0.1) is 0 Å². The number of carbonyl (C=O) groups is 1. The van der Waals surface area contributed by atoms with E-state index in [2.05, 4.69) is 31.0 Å². The van der Waals surface area contributed by atoms with Crippen molar-refractivity contribution in [1.82, 2.24) is 4.98 Å². The predicted octanol–water partition coefficient (Wildman–Crippen LogP) is 8.80. The Hall–Kier alpha value is -2.16. The number of hydrogen-bond donors (Lipinski definition) is 0. The lowest BCUT2D eigenvalue weighted by Gasteiger charge is -2.37. The van der Waals surface area contributed by atoms with Gasteiger partial charge >= 0.3 is 5.97 Å². The largest absolute Gasteiger partial charge is 0.459 e.